The number of ketones is 1. The largest absolute Gasteiger partial charge is 0.463 e. The zero-order valence-corrected chi connectivity index (χ0v) is 26.5. The van der Waals surface area contributed by atoms with Crippen molar-refractivity contribution < 1.29 is 61.3 Å². The number of urea groups is 2. The number of β-lactam (4-membered cyclic amide) rings is 1. The molecule has 25 heteroatoms. The van der Waals surface area contributed by atoms with Gasteiger partial charge in [0.25, 0.3) is 11.8 Å². The minimum atomic E-state index is -4.93. The van der Waals surface area contributed by atoms with Crippen LogP contribution >= 0.6 is 11.3 Å². The molecule has 0 spiro atoms. The number of carbonyl (C=O) groups excluding carboxylic acids is 7. The second-order valence-electron chi connectivity index (χ2n) is 10.4. The summed E-state index contributed by atoms with van der Waals surface area (Å²) in [6, 6.07) is -6.28. The number of carboxylic acid groups (broad SMARTS) is 1. The van der Waals surface area contributed by atoms with Crippen molar-refractivity contribution in [3.63, 3.8) is 0 Å². The number of nitrogens with zero attached hydrogens (tertiary/aromatic N) is 5. The number of carbonyl (C=O) groups is 8. The maximum absolute atomic E-state index is 13.6. The Morgan fingerprint density at radius 2 is 1.92 bits per heavy atom. The molecule has 48 heavy (non-hydrogen) atoms. The molecule has 2 saturated heterocycles. The summed E-state index contributed by atoms with van der Waals surface area (Å²) in [6.07, 6.45) is -2.57. The third-order valence-corrected chi connectivity index (χ3v) is 8.78. The van der Waals surface area contributed by atoms with E-state index in [0.717, 1.165) is 11.3 Å². The highest BCUT2D eigenvalue weighted by Crippen LogP contribution is 2.28. The number of nitrogen functional groups attached to an aromatic ring is 1. The van der Waals surface area contributed by atoms with Crippen LogP contribution in [0.1, 0.15) is 32.0 Å². The molecular weight excluding hydrogens is 686 g/mol. The van der Waals surface area contributed by atoms with Crippen LogP contribution in [0.15, 0.2) is 22.1 Å². The van der Waals surface area contributed by atoms with E-state index in [1.807, 2.05) is 5.43 Å². The predicted molar refractivity (Wildman–Crippen MR) is 157 cm³/mol. The van der Waals surface area contributed by atoms with Gasteiger partial charge >= 0.3 is 40.2 Å². The van der Waals surface area contributed by atoms with Gasteiger partial charge < -0.3 is 27.2 Å². The highest BCUT2D eigenvalue weighted by Gasteiger charge is 2.65. The number of likely N-dealkylation sites (tertiary alicyclic amines) is 1. The van der Waals surface area contributed by atoms with Crippen LogP contribution in [0.5, 0.6) is 0 Å². The summed E-state index contributed by atoms with van der Waals surface area (Å²) in [4.78, 5) is 114. The van der Waals surface area contributed by atoms with Crippen LogP contribution in [-0.2, 0) is 39.0 Å². The molecule has 4 heterocycles. The van der Waals surface area contributed by atoms with E-state index in [4.69, 9.17) is 16.3 Å². The fourth-order valence-corrected chi connectivity index (χ4v) is 6.21. The minimum absolute atomic E-state index is 0.0396. The van der Waals surface area contributed by atoms with Crippen LogP contribution in [0.25, 0.3) is 0 Å². The van der Waals surface area contributed by atoms with Gasteiger partial charge in [0.2, 0.25) is 6.04 Å². The number of Topliss-reactive ketones (excluding diaryl/α,β-unsaturated/α-hetero) is 1. The molecule has 9 amide bonds. The fourth-order valence-electron chi connectivity index (χ4n) is 4.53. The topological polar surface area (TPSA) is 332 Å². The van der Waals surface area contributed by atoms with Crippen molar-refractivity contribution in [3.05, 3.63) is 22.8 Å². The monoisotopic (exact) mass is 714 g/mol. The van der Waals surface area contributed by atoms with Gasteiger partial charge in [-0.2, -0.15) is 23.6 Å². The Bertz CT molecular complexity index is 1790. The lowest BCUT2D eigenvalue weighted by atomic mass is 10.0. The Morgan fingerprint density at radius 3 is 2.42 bits per heavy atom. The van der Waals surface area contributed by atoms with Gasteiger partial charge in [0, 0.05) is 18.1 Å². The normalized spacial score (nSPS) is 21.4. The molecule has 0 bridgehead atoms. The number of aromatic nitrogens is 1. The number of imide groups is 1. The van der Waals surface area contributed by atoms with Crippen LogP contribution in [0.3, 0.4) is 0 Å². The number of amides is 9. The Balaban J connectivity index is 1.64. The minimum Gasteiger partial charge on any atom is -0.463 e. The number of aliphatic imine (C=N–C) groups is 1. The van der Waals surface area contributed by atoms with Gasteiger partial charge in [0.15, 0.2) is 23.5 Å². The second-order valence-corrected chi connectivity index (χ2v) is 12.9. The van der Waals surface area contributed by atoms with Crippen LogP contribution < -0.4 is 32.2 Å². The standard InChI is InChI=1S/C23H27N11O12S2/c1-9(2)46-33(23(42)43)15(13-8-47-20(25)29-13)18(38)28-12-7-34(19(12)39,22(41)31-48(44,45)32-4-3-26-21(32)40)30-17(37)11-5-14(35)10(6-27-11)16(24)36/h6,8-9,12,15H,3-5,7H2,1-2H3,(H8-,24,25,26,28,29,30,31,36,37,38,40,41,42,43)/p+1/t12-,15?,34?/m0/s1. The summed E-state index contributed by atoms with van der Waals surface area (Å²) in [5.41, 5.74) is 11.4. The number of anilines is 1. The van der Waals surface area contributed by atoms with Gasteiger partial charge in [-0.05, 0) is 13.8 Å². The smallest absolute Gasteiger partial charge is 0.463 e. The SMILES string of the molecule is CC(C)ON(C(=O)O)C(C(=O)N[C@H]1C[N+](NC(=O)C2=NC=C(C(N)=O)C(=O)C2)(C(=O)NS(=O)(=O)N2CCNC2=O)C1=O)c1csc(N)n1. The van der Waals surface area contributed by atoms with E-state index in [1.165, 1.54) is 23.9 Å². The second kappa shape index (κ2) is 13.3. The molecule has 23 nitrogen and oxygen atoms in total. The van der Waals surface area contributed by atoms with Gasteiger partial charge in [-0.1, -0.05) is 4.59 Å². The third kappa shape index (κ3) is 6.92. The molecule has 0 saturated carbocycles. The van der Waals surface area contributed by atoms with E-state index >= 15 is 0 Å². The molecule has 4 rings (SSSR count). The number of quaternary nitrogens is 1. The summed E-state index contributed by atoms with van der Waals surface area (Å²) >= 11 is 0.866. The molecule has 1 aromatic heterocycles. The first-order valence-electron chi connectivity index (χ1n) is 13.6. The van der Waals surface area contributed by atoms with Gasteiger partial charge in [0.05, 0.1) is 24.8 Å². The average Bonchev–Trinajstić information content (AvgIpc) is 3.63. The zero-order chi connectivity index (χ0) is 35.7. The van der Waals surface area contributed by atoms with Crippen molar-refractivity contribution in [3.8, 4) is 0 Å². The zero-order valence-electron chi connectivity index (χ0n) is 24.9. The number of primary amides is 1. The first kappa shape index (κ1) is 35.3. The van der Waals surface area contributed by atoms with Gasteiger partial charge in [0.1, 0.15) is 11.3 Å². The molecule has 3 aliphatic heterocycles. The van der Waals surface area contributed by atoms with Gasteiger partial charge in [-0.15, -0.1) is 11.3 Å². The van der Waals surface area contributed by atoms with Crippen molar-refractivity contribution in [1.29, 1.82) is 0 Å². The van der Waals surface area contributed by atoms with Crippen LogP contribution in [0, 0.1) is 0 Å². The Labute approximate surface area is 273 Å². The molecule has 0 aromatic carbocycles. The van der Waals surface area contributed by atoms with E-state index in [1.54, 1.807) is 0 Å². The van der Waals surface area contributed by atoms with E-state index in [-0.39, 0.29) is 33.3 Å². The van der Waals surface area contributed by atoms with Crippen molar-refractivity contribution in [2.45, 2.75) is 38.5 Å². The van der Waals surface area contributed by atoms with E-state index < -0.39 is 105 Å². The van der Waals surface area contributed by atoms with Crippen LogP contribution in [0.2, 0.25) is 0 Å². The Morgan fingerprint density at radius 1 is 1.23 bits per heavy atom. The molecule has 2 unspecified atom stereocenters. The molecule has 0 aliphatic carbocycles. The fraction of sp³-hybridized carbons (Fsp3) is 0.391. The molecule has 3 aliphatic rings. The number of thiazole rings is 1. The van der Waals surface area contributed by atoms with E-state index in [2.05, 4.69) is 20.6 Å². The lowest BCUT2D eigenvalue weighted by Gasteiger charge is -2.43. The third-order valence-electron chi connectivity index (χ3n) is 6.73. The number of nitrogens with one attached hydrogen (secondary N) is 4. The summed E-state index contributed by atoms with van der Waals surface area (Å²) in [5.74, 6) is -5.89. The number of hydrogen-bond acceptors (Lipinski definition) is 15. The molecule has 0 radical (unpaired) electrons. The van der Waals surface area contributed by atoms with Gasteiger partial charge in [-0.3, -0.25) is 29.0 Å². The van der Waals surface area contributed by atoms with Crippen molar-refractivity contribution in [1.82, 2.24) is 35.1 Å². The average molecular weight is 715 g/mol. The molecule has 3 atom stereocenters. The highest BCUT2D eigenvalue weighted by atomic mass is 32.2. The summed E-state index contributed by atoms with van der Waals surface area (Å²) < 4.78 is 25.6. The number of nitrogens with two attached hydrogens (primary N) is 2. The van der Waals surface area contributed by atoms with Gasteiger partial charge in [-0.25, -0.2) is 28.5 Å². The van der Waals surface area contributed by atoms with Crippen molar-refractivity contribution in [2.24, 2.45) is 10.7 Å². The molecule has 2 fully saturated rings. The maximum Gasteiger partial charge on any atom is 0.463 e. The predicted octanol–water partition coefficient (Wildman–Crippen LogP) is -3.28. The highest BCUT2D eigenvalue weighted by molar-refractivity contribution is 7.88. The van der Waals surface area contributed by atoms with Crippen LogP contribution in [0.4, 0.5) is 19.5 Å². The van der Waals surface area contributed by atoms with Crippen LogP contribution in [-0.4, -0.2) is 118 Å². The first-order chi connectivity index (χ1) is 22.4. The molecule has 258 valence electrons. The van der Waals surface area contributed by atoms with Crippen molar-refractivity contribution in [2.75, 3.05) is 25.4 Å². The number of hydrogen-bond donors (Lipinski definition) is 7. The summed E-state index contributed by atoms with van der Waals surface area (Å²) in [7, 11) is -4.93. The van der Waals surface area contributed by atoms with Crippen molar-refractivity contribution >= 4 is 80.0 Å². The molecule has 1 aromatic rings. The quantitative estimate of drug-likeness (QED) is 0.0541. The summed E-state index contributed by atoms with van der Waals surface area (Å²) in [6.45, 7) is 1.60. The lowest BCUT2D eigenvalue weighted by Crippen LogP contribution is -2.84. The van der Waals surface area contributed by atoms with E-state index in [9.17, 15) is 51.9 Å². The maximum atomic E-state index is 13.6. The number of rotatable bonds is 10. The lowest BCUT2D eigenvalue weighted by molar-refractivity contribution is -0.839. The Kier molecular flexibility index (Phi) is 9.79. The Hall–Kier alpha value is -5.53. The van der Waals surface area contributed by atoms with E-state index in [0.29, 0.717) is 6.20 Å². The summed E-state index contributed by atoms with van der Waals surface area (Å²) in [5, 5.41) is 15.7. The molecular formula is C23H28N11O12S2+. The molecule has 9 N–H and O–H groups in total. The number of hydroxylamine groups is 2. The first-order valence-corrected chi connectivity index (χ1v) is 15.9.